The topological polar surface area (TPSA) is 89.3 Å². The molecule has 0 aliphatic rings. The average molecular weight is 371 g/mol. The zero-order valence-corrected chi connectivity index (χ0v) is 14.8. The van der Waals surface area contributed by atoms with Crippen LogP contribution in [-0.4, -0.2) is 16.9 Å². The maximum Gasteiger partial charge on any atom is 0.344 e. The summed E-state index contributed by atoms with van der Waals surface area (Å²) in [5.74, 6) is -1.60. The molecule has 6 heteroatoms. The normalized spacial score (nSPS) is 10.0. The van der Waals surface area contributed by atoms with Crippen molar-refractivity contribution in [3.8, 4) is 17.8 Å². The molecule has 0 fully saturated rings. The number of benzene rings is 2. The van der Waals surface area contributed by atoms with E-state index in [4.69, 9.17) is 9.47 Å². The number of nitrogens with zero attached hydrogens (tertiary/aromatic N) is 2. The van der Waals surface area contributed by atoms with E-state index in [1.807, 2.05) is 12.1 Å². The fraction of sp³-hybridized carbons (Fsp3) is 0.0455. The molecule has 3 rings (SSSR count). The highest BCUT2D eigenvalue weighted by atomic mass is 16.6. The molecule has 0 aliphatic heterocycles. The lowest BCUT2D eigenvalue weighted by Gasteiger charge is -2.08. The van der Waals surface area contributed by atoms with Gasteiger partial charge < -0.3 is 9.47 Å². The van der Waals surface area contributed by atoms with Crippen LogP contribution in [0.5, 0.6) is 11.8 Å². The molecule has 0 atom stereocenters. The first-order valence-corrected chi connectivity index (χ1v) is 8.39. The van der Waals surface area contributed by atoms with Crippen LogP contribution in [0.2, 0.25) is 0 Å². The first-order valence-electron chi connectivity index (χ1n) is 8.39. The van der Waals surface area contributed by atoms with Gasteiger partial charge in [0.2, 0.25) is 11.8 Å². The fourth-order valence-corrected chi connectivity index (χ4v) is 2.37. The summed E-state index contributed by atoms with van der Waals surface area (Å²) < 4.78 is 10.5. The fourth-order valence-electron chi connectivity index (χ4n) is 2.37. The monoisotopic (exact) mass is 371 g/mol. The number of aromatic nitrogens is 1. The smallest absolute Gasteiger partial charge is 0.344 e. The summed E-state index contributed by atoms with van der Waals surface area (Å²) in [5, 5.41) is 9.24. The number of hydrogen-bond acceptors (Lipinski definition) is 6. The third-order valence-corrected chi connectivity index (χ3v) is 3.80. The minimum Gasteiger partial charge on any atom is -0.404 e. The van der Waals surface area contributed by atoms with Crippen LogP contribution in [-0.2, 0) is 6.42 Å². The summed E-state index contributed by atoms with van der Waals surface area (Å²) in [6, 6.07) is 19.8. The molecule has 0 bridgehead atoms. The second-order valence-electron chi connectivity index (χ2n) is 5.71. The van der Waals surface area contributed by atoms with Gasteiger partial charge in [-0.1, -0.05) is 30.3 Å². The van der Waals surface area contributed by atoms with E-state index < -0.39 is 11.9 Å². The number of carbonyl (C=O) groups is 2. The first-order chi connectivity index (χ1) is 13.6. The highest BCUT2D eigenvalue weighted by Gasteiger charge is 2.16. The molecule has 0 amide bonds. The number of ether oxygens (including phenoxy) is 2. The van der Waals surface area contributed by atoms with Gasteiger partial charge in [0.05, 0.1) is 11.1 Å². The minimum atomic E-state index is -0.675. The molecule has 6 nitrogen and oxygen atoms in total. The van der Waals surface area contributed by atoms with Crippen molar-refractivity contribution in [2.75, 3.05) is 0 Å². The Labute approximate surface area is 162 Å². The van der Waals surface area contributed by atoms with E-state index in [1.54, 1.807) is 48.5 Å². The molecule has 0 aliphatic carbocycles. The number of hydrogen-bond donors (Lipinski definition) is 0. The average Bonchev–Trinajstić information content (AvgIpc) is 2.74. The number of pyridine rings is 1. The van der Waals surface area contributed by atoms with Gasteiger partial charge in [0, 0.05) is 6.07 Å². The summed E-state index contributed by atoms with van der Waals surface area (Å²) in [6.45, 7) is 3.78. The summed E-state index contributed by atoms with van der Waals surface area (Å²) in [6.07, 6.45) is 0.522. The van der Waals surface area contributed by atoms with E-state index >= 15 is 0 Å². The lowest BCUT2D eigenvalue weighted by Crippen LogP contribution is -2.13. The molecule has 137 valence electrons. The molecule has 0 N–H and O–H groups in total. The molecular formula is C22H15N2O4. The van der Waals surface area contributed by atoms with Crippen molar-refractivity contribution in [2.24, 2.45) is 0 Å². The maximum atomic E-state index is 12.4. The quantitative estimate of drug-likeness (QED) is 0.634. The number of esters is 2. The van der Waals surface area contributed by atoms with Crippen molar-refractivity contribution in [1.82, 2.24) is 4.98 Å². The second kappa shape index (κ2) is 8.60. The molecule has 1 aromatic heterocycles. The van der Waals surface area contributed by atoms with Crippen LogP contribution in [0.25, 0.3) is 0 Å². The van der Waals surface area contributed by atoms with Crippen molar-refractivity contribution < 1.29 is 19.1 Å². The molecule has 1 heterocycles. The Morgan fingerprint density at radius 1 is 0.929 bits per heavy atom. The van der Waals surface area contributed by atoms with Crippen molar-refractivity contribution in [2.45, 2.75) is 6.42 Å². The van der Waals surface area contributed by atoms with E-state index in [0.29, 0.717) is 17.5 Å². The van der Waals surface area contributed by atoms with Gasteiger partial charge in [0.25, 0.3) is 0 Å². The van der Waals surface area contributed by atoms with Crippen molar-refractivity contribution in [1.29, 1.82) is 5.26 Å². The number of nitriles is 1. The molecule has 0 unspecified atom stereocenters. The van der Waals surface area contributed by atoms with E-state index in [9.17, 15) is 14.9 Å². The van der Waals surface area contributed by atoms with Crippen LogP contribution in [0.1, 0.15) is 31.8 Å². The van der Waals surface area contributed by atoms with E-state index in [2.05, 4.69) is 11.9 Å². The Kier molecular flexibility index (Phi) is 5.78. The number of rotatable bonds is 5. The summed E-state index contributed by atoms with van der Waals surface area (Å²) >= 11 is 0. The molecule has 28 heavy (non-hydrogen) atoms. The zero-order chi connectivity index (χ0) is 19.9. The first kappa shape index (κ1) is 18.8. The molecule has 0 spiro atoms. The van der Waals surface area contributed by atoms with Gasteiger partial charge in [-0.2, -0.15) is 10.2 Å². The Balaban J connectivity index is 1.82. The van der Waals surface area contributed by atoms with Crippen LogP contribution >= 0.6 is 0 Å². The van der Waals surface area contributed by atoms with Crippen molar-refractivity contribution >= 4 is 11.9 Å². The van der Waals surface area contributed by atoms with Gasteiger partial charge in [-0.05, 0) is 49.2 Å². The Morgan fingerprint density at radius 3 is 2.36 bits per heavy atom. The highest BCUT2D eigenvalue weighted by Crippen LogP contribution is 2.21. The van der Waals surface area contributed by atoms with Gasteiger partial charge in [0.15, 0.2) is 0 Å². The standard InChI is InChI=1S/C22H15N2O4/c1-2-15-7-6-10-17(13-15)22(26)28-20-18(14-23)11-12-19(24-20)27-21(25)16-8-4-3-5-9-16/h3-13H,1-2H2. The predicted molar refractivity (Wildman–Crippen MR) is 101 cm³/mol. The van der Waals surface area contributed by atoms with Crippen LogP contribution in [0.3, 0.4) is 0 Å². The van der Waals surface area contributed by atoms with Crippen molar-refractivity contribution in [3.63, 3.8) is 0 Å². The van der Waals surface area contributed by atoms with Crippen LogP contribution in [0.15, 0.2) is 66.7 Å². The van der Waals surface area contributed by atoms with Gasteiger partial charge in [-0.25, -0.2) is 9.59 Å². The van der Waals surface area contributed by atoms with E-state index in [0.717, 1.165) is 5.56 Å². The Hall–Kier alpha value is -3.98. The summed E-state index contributed by atoms with van der Waals surface area (Å²) in [7, 11) is 0. The minimum absolute atomic E-state index is 0.0428. The molecule has 0 saturated heterocycles. The van der Waals surface area contributed by atoms with Crippen LogP contribution in [0.4, 0.5) is 0 Å². The zero-order valence-electron chi connectivity index (χ0n) is 14.8. The Morgan fingerprint density at radius 2 is 1.64 bits per heavy atom. The van der Waals surface area contributed by atoms with Gasteiger partial charge >= 0.3 is 11.9 Å². The van der Waals surface area contributed by atoms with Crippen molar-refractivity contribution in [3.05, 3.63) is 95.9 Å². The van der Waals surface area contributed by atoms with Gasteiger partial charge in [0.1, 0.15) is 11.6 Å². The Bertz CT molecular complexity index is 1060. The van der Waals surface area contributed by atoms with Gasteiger partial charge in [-0.15, -0.1) is 0 Å². The SMILES string of the molecule is [CH2]Cc1cccc(C(=O)Oc2nc(OC(=O)c3ccccc3)ccc2C#N)c1. The summed E-state index contributed by atoms with van der Waals surface area (Å²) in [4.78, 5) is 28.6. The second-order valence-corrected chi connectivity index (χ2v) is 5.71. The maximum absolute atomic E-state index is 12.4. The summed E-state index contributed by atoms with van der Waals surface area (Å²) in [5.41, 5.74) is 1.56. The highest BCUT2D eigenvalue weighted by molar-refractivity contribution is 5.92. The van der Waals surface area contributed by atoms with E-state index in [-0.39, 0.29) is 17.3 Å². The molecule has 1 radical (unpaired) electrons. The van der Waals surface area contributed by atoms with E-state index in [1.165, 1.54) is 12.1 Å². The molecule has 3 aromatic rings. The predicted octanol–water partition coefficient (Wildman–Crippen LogP) is 3.77. The lowest BCUT2D eigenvalue weighted by molar-refractivity contribution is 0.0717. The van der Waals surface area contributed by atoms with Crippen LogP contribution in [0, 0.1) is 18.3 Å². The van der Waals surface area contributed by atoms with Crippen LogP contribution < -0.4 is 9.47 Å². The molecular weight excluding hydrogens is 356 g/mol. The molecule has 0 saturated carbocycles. The third-order valence-electron chi connectivity index (χ3n) is 3.80. The largest absolute Gasteiger partial charge is 0.404 e. The molecule has 2 aromatic carbocycles. The third kappa shape index (κ3) is 4.40. The number of carbonyl (C=O) groups excluding carboxylic acids is 2. The lowest BCUT2D eigenvalue weighted by atomic mass is 10.1. The van der Waals surface area contributed by atoms with Gasteiger partial charge in [-0.3, -0.25) is 0 Å².